The van der Waals surface area contributed by atoms with Crippen molar-refractivity contribution in [2.45, 2.75) is 239 Å². The molecule has 27 heteroatoms. The molecule has 1 aromatic heterocycles. The van der Waals surface area contributed by atoms with E-state index >= 15 is 0 Å². The number of alkyl halides is 3. The fourth-order valence-electron chi connectivity index (χ4n) is 24.2. The summed E-state index contributed by atoms with van der Waals surface area (Å²) in [5, 5.41) is 12.1. The van der Waals surface area contributed by atoms with Crippen LogP contribution < -0.4 is 22.9 Å². The SMILES string of the molecule is COC1CCC2(CC1)C(C)(C)c1ccc(-c3cccc(C#N)c3)cc1C21N=C(N)N(C)C1=O.COC1CCC2(CC1)C(C)(C)c1ccc(Br)cc1C21N=C(N)N(C)C1=O.COC1CCC2(CC1)Cc1ccc(C#CC3CC3)cc1C21N=C(N)N(CC(F)(F)F)C1=O.COC1CCC2(CC1)Cc1ccc(C#CC3CC3)cc1C21N=C(N)N(Cc2nccs2)C1=O. The molecule has 14 aliphatic rings. The van der Waals surface area contributed by atoms with Crippen LogP contribution in [-0.4, -0.2) is 152 Å². The number of benzene rings is 5. The molecule has 650 valence electrons. The number of ether oxygens (including phenoxy) is 4. The summed E-state index contributed by atoms with van der Waals surface area (Å²) < 4.78 is 63.2. The van der Waals surface area contributed by atoms with E-state index in [4.69, 9.17) is 56.9 Å². The van der Waals surface area contributed by atoms with Crippen LogP contribution in [0.25, 0.3) is 11.1 Å². The number of hydrogen-bond donors (Lipinski definition) is 4. The molecule has 5 aromatic carbocycles. The van der Waals surface area contributed by atoms with Crippen LogP contribution in [0.2, 0.25) is 0 Å². The van der Waals surface area contributed by atoms with Gasteiger partial charge in [-0.2, -0.15) is 18.4 Å². The van der Waals surface area contributed by atoms with E-state index < -0.39 is 51.6 Å². The highest BCUT2D eigenvalue weighted by Crippen LogP contribution is 2.73. The molecule has 22 nitrogen and oxygen atoms in total. The molecule has 8 N–H and O–H groups in total. The maximum Gasteiger partial charge on any atom is 0.406 e. The fraction of sp³-hybridized carbons (Fsp3) is 0.526. The number of aromatic nitrogens is 1. The average Bonchev–Trinajstić information content (AvgIpc) is 1.50. The Morgan fingerprint density at radius 3 is 1.31 bits per heavy atom. The van der Waals surface area contributed by atoms with Crippen molar-refractivity contribution in [1.29, 1.82) is 5.26 Å². The summed E-state index contributed by atoms with van der Waals surface area (Å²) in [7, 11) is 10.4. The Kier molecular flexibility index (Phi) is 22.0. The lowest BCUT2D eigenvalue weighted by Gasteiger charge is -2.52. The number of likely N-dealkylation sites (N-methyl/N-ethyl adjacent to an activating group) is 2. The minimum absolute atomic E-state index is 0.00390. The molecule has 4 atom stereocenters. The molecule has 8 spiro atoms. The first kappa shape index (κ1) is 86.3. The third-order valence-corrected chi connectivity index (χ3v) is 32.6. The van der Waals surface area contributed by atoms with Crippen molar-refractivity contribution in [3.63, 3.8) is 0 Å². The molecule has 20 rings (SSSR count). The van der Waals surface area contributed by atoms with E-state index in [1.54, 1.807) is 59.7 Å². The van der Waals surface area contributed by atoms with Gasteiger partial charge in [0.05, 0.1) is 42.6 Å². The van der Waals surface area contributed by atoms with E-state index in [2.05, 4.69) is 138 Å². The predicted molar refractivity (Wildman–Crippen MR) is 472 cm³/mol. The van der Waals surface area contributed by atoms with Gasteiger partial charge in [0, 0.05) is 103 Å². The number of methoxy groups -OCH3 is 4. The van der Waals surface area contributed by atoms with Crippen LogP contribution in [0.5, 0.6) is 0 Å². The molecular weight excluding hydrogens is 1660 g/mol. The second kappa shape index (κ2) is 31.7. The molecule has 0 saturated heterocycles. The van der Waals surface area contributed by atoms with Crippen molar-refractivity contribution in [2.24, 2.45) is 76.4 Å². The number of fused-ring (bicyclic) bond motifs is 12. The Labute approximate surface area is 736 Å². The highest BCUT2D eigenvalue weighted by atomic mass is 79.9. The van der Waals surface area contributed by atoms with Gasteiger partial charge < -0.3 is 41.9 Å². The van der Waals surface area contributed by atoms with Crippen molar-refractivity contribution < 1.29 is 51.3 Å². The smallest absolute Gasteiger partial charge is 0.381 e. The molecule has 5 heterocycles. The first-order valence-electron chi connectivity index (χ1n) is 43.6. The van der Waals surface area contributed by atoms with Gasteiger partial charge in [-0.15, -0.1) is 11.3 Å². The van der Waals surface area contributed by atoms with Gasteiger partial charge in [0.2, 0.25) is 0 Å². The number of nitrogens with zero attached hydrogens (tertiary/aromatic N) is 10. The second-order valence-corrected chi connectivity index (χ2v) is 39.7. The third kappa shape index (κ3) is 13.4. The number of carbonyl (C=O) groups is 4. The Morgan fingerprint density at radius 2 is 0.903 bits per heavy atom. The fourth-order valence-corrected chi connectivity index (χ4v) is 25.1. The van der Waals surface area contributed by atoms with Gasteiger partial charge in [-0.3, -0.25) is 38.8 Å². The van der Waals surface area contributed by atoms with Crippen molar-refractivity contribution in [2.75, 3.05) is 49.1 Å². The summed E-state index contributed by atoms with van der Waals surface area (Å²) in [5.74, 6) is 13.8. The Morgan fingerprint density at radius 1 is 0.484 bits per heavy atom. The summed E-state index contributed by atoms with van der Waals surface area (Å²) in [6.07, 6.45) is 17.4. The lowest BCUT2D eigenvalue weighted by Crippen LogP contribution is -2.56. The highest BCUT2D eigenvalue weighted by molar-refractivity contribution is 9.10. The Bertz CT molecular complexity index is 5620. The first-order chi connectivity index (χ1) is 59.1. The Hall–Kier alpha value is -9.79. The van der Waals surface area contributed by atoms with Crippen LogP contribution in [-0.2, 0) is 90.5 Å². The Balaban J connectivity index is 0.000000118. The van der Waals surface area contributed by atoms with Gasteiger partial charge in [-0.25, -0.2) is 25.0 Å². The van der Waals surface area contributed by atoms with Crippen molar-refractivity contribution in [1.82, 2.24) is 24.6 Å². The maximum atomic E-state index is 14.3. The molecule has 6 saturated carbocycles. The van der Waals surface area contributed by atoms with E-state index in [0.29, 0.717) is 65.6 Å². The predicted octanol–water partition coefficient (Wildman–Crippen LogP) is 14.5. The zero-order valence-electron chi connectivity index (χ0n) is 72.3. The quantitative estimate of drug-likeness (QED) is 0.103. The molecule has 10 aliphatic carbocycles. The van der Waals surface area contributed by atoms with Crippen LogP contribution in [0.3, 0.4) is 0 Å². The number of halogens is 4. The normalized spacial score (nSPS) is 31.6. The number of hydrogen-bond acceptors (Lipinski definition) is 19. The van der Waals surface area contributed by atoms with Gasteiger partial charge >= 0.3 is 6.18 Å². The molecule has 4 unspecified atom stereocenters. The topological polar surface area (TPSA) is 308 Å². The molecule has 6 aromatic rings. The zero-order chi connectivity index (χ0) is 87.9. The van der Waals surface area contributed by atoms with Crippen LogP contribution in [0.1, 0.15) is 222 Å². The summed E-state index contributed by atoms with van der Waals surface area (Å²) in [5.41, 5.74) is 30.8. The maximum absolute atomic E-state index is 14.3. The molecule has 0 bridgehead atoms. The summed E-state index contributed by atoms with van der Waals surface area (Å²) in [4.78, 5) is 84.8. The lowest BCUT2D eigenvalue weighted by molar-refractivity contribution is -0.158. The van der Waals surface area contributed by atoms with Crippen LogP contribution >= 0.6 is 27.3 Å². The van der Waals surface area contributed by atoms with Crippen LogP contribution in [0.4, 0.5) is 13.2 Å². The van der Waals surface area contributed by atoms with Gasteiger partial charge in [0.15, 0.2) is 46.0 Å². The van der Waals surface area contributed by atoms with Crippen LogP contribution in [0.15, 0.2) is 133 Å². The van der Waals surface area contributed by atoms with Gasteiger partial charge in [-0.05, 0) is 262 Å². The van der Waals surface area contributed by atoms with Crippen LogP contribution in [0, 0.1) is 68.5 Å². The molecule has 6 fully saturated rings. The summed E-state index contributed by atoms with van der Waals surface area (Å²) in [6, 6.07) is 34.5. The average molecular weight is 1770 g/mol. The first-order valence-corrected chi connectivity index (χ1v) is 45.3. The van der Waals surface area contributed by atoms with Crippen molar-refractivity contribution in [3.05, 3.63) is 179 Å². The van der Waals surface area contributed by atoms with Gasteiger partial charge in [0.1, 0.15) is 11.6 Å². The molecule has 124 heavy (non-hydrogen) atoms. The third-order valence-electron chi connectivity index (χ3n) is 31.3. The van der Waals surface area contributed by atoms with Crippen molar-refractivity contribution in [3.8, 4) is 40.9 Å². The van der Waals surface area contributed by atoms with E-state index in [0.717, 1.165) is 169 Å². The van der Waals surface area contributed by atoms with E-state index in [1.807, 2.05) is 41.8 Å². The zero-order valence-corrected chi connectivity index (χ0v) is 74.7. The highest BCUT2D eigenvalue weighted by Gasteiger charge is 2.76. The second-order valence-electron chi connectivity index (χ2n) is 37.8. The minimum Gasteiger partial charge on any atom is -0.381 e. The molecular formula is C97H110BrF3N14O8S. The van der Waals surface area contributed by atoms with E-state index in [1.165, 1.54) is 45.1 Å². The summed E-state index contributed by atoms with van der Waals surface area (Å²) in [6.45, 7) is 7.96. The summed E-state index contributed by atoms with van der Waals surface area (Å²) >= 11 is 5.12. The van der Waals surface area contributed by atoms with E-state index in [-0.39, 0.29) is 75.7 Å². The molecule has 4 amide bonds. The van der Waals surface area contributed by atoms with E-state index in [9.17, 15) is 37.6 Å². The minimum atomic E-state index is -4.57. The van der Waals surface area contributed by atoms with Crippen molar-refractivity contribution >= 4 is 74.7 Å². The monoisotopic (exact) mass is 1770 g/mol. The number of aliphatic imine (C=N–C) groups is 4. The largest absolute Gasteiger partial charge is 0.406 e. The number of carbonyl (C=O) groups excluding carboxylic acids is 4. The van der Waals surface area contributed by atoms with Gasteiger partial charge in [-0.1, -0.05) is 110 Å². The number of nitrogens with two attached hydrogens (primary N) is 4. The number of rotatable bonds is 8. The molecule has 4 aliphatic heterocycles. The number of nitriles is 1. The number of thiazole rings is 1. The standard InChI is InChI=1S/C27H30N4O2.C26H28N4O2S.C24H26F3N3O2.C20H26BrN3O2/c1-25(2)21-9-8-19(18-7-5-6-17(14-18)16-28)15-22(21)27(23(32)31(3)24(29)30-27)26(25)12-10-20(33-4)11-13-26;1-32-20-8-10-25(11-9-20)15-19-7-6-18(5-4-17-2-3-17)14-21(19)26(25)23(31)30(24(27)29-26)16-22-28-12-13-33-22;1-32-18-8-10-22(11-9-18)13-17-7-6-16(5-4-15-2-3-15)12-19(17)24(22)20(31)30(21(28)29-24)14-23(25,26)27;1-18(2)14-6-5-12(21)11-15(14)20(16(25)24(3)17(22)23-20)19(18)9-7-13(26-4)8-10-19/h5-9,14-15,20H,10-13H2,1-4H3,(H2,29,30);6-7,12-14,17,20H,2-3,8-11,15-16H2,1H3,(H2,27,29);6-7,12,15,18H,2-3,8-11,13-14H2,1H3,(H2,28,29);5-6,11,13H,7-10H2,1-4H3,(H2,22,23). The number of guanidine groups is 4. The number of amides is 4. The van der Waals surface area contributed by atoms with Gasteiger partial charge in [0.25, 0.3) is 23.6 Å². The molecule has 0 radical (unpaired) electrons. The lowest BCUT2D eigenvalue weighted by atomic mass is 9.52.